The van der Waals surface area contributed by atoms with Crippen LogP contribution in [0.5, 0.6) is 0 Å². The molecule has 1 N–H and O–H groups in total. The van der Waals surface area contributed by atoms with Crippen molar-refractivity contribution in [2.75, 3.05) is 41.0 Å². The molecule has 0 bridgehead atoms. The zero-order valence-corrected chi connectivity index (χ0v) is 40.2. The first-order chi connectivity index (χ1) is 29.1. The fourth-order valence-electron chi connectivity index (χ4n) is 7.65. The number of aliphatic carboxylic acids is 1. The minimum absolute atomic E-state index is 0.0506. The summed E-state index contributed by atoms with van der Waals surface area (Å²) in [6, 6.07) is -0.613. The average molecular weight is 849 g/mol. The normalized spacial score (nSPS) is 13.0. The number of quaternary nitrogens is 1. The van der Waals surface area contributed by atoms with Crippen molar-refractivity contribution in [2.24, 2.45) is 0 Å². The molecule has 0 aromatic carbocycles. The highest BCUT2D eigenvalue weighted by atomic mass is 16.6. The predicted molar refractivity (Wildman–Crippen MR) is 252 cm³/mol. The summed E-state index contributed by atoms with van der Waals surface area (Å²) in [4.78, 5) is 37.1. The van der Waals surface area contributed by atoms with Gasteiger partial charge in [0.2, 0.25) is 0 Å². The monoisotopic (exact) mass is 849 g/mol. The van der Waals surface area contributed by atoms with Crippen molar-refractivity contribution >= 4 is 17.9 Å². The Hall–Kier alpha value is -2.19. The Morgan fingerprint density at radius 1 is 0.500 bits per heavy atom. The Morgan fingerprint density at radius 3 is 1.28 bits per heavy atom. The summed E-state index contributed by atoms with van der Waals surface area (Å²) in [6.45, 7) is 4.76. The van der Waals surface area contributed by atoms with E-state index in [1.54, 1.807) is 0 Å². The summed E-state index contributed by atoms with van der Waals surface area (Å²) in [6.07, 6.45) is 49.4. The predicted octanol–water partition coefficient (Wildman–Crippen LogP) is 14.4. The standard InChI is InChI=1S/C52H97NO7/c1-6-8-10-12-14-16-18-20-21-22-23-24-25-26-27-28-29-31-32-34-36-38-40-42-50(54)59-47-48(46-58-45-44-49(52(56)57)53(3,4)5)60-51(55)43-41-39-37-35-33-30-19-17-15-13-11-9-7-2/h23-24,26-27,48-49H,6-22,25,28-47H2,1-5H3/p+1/b24-23+,27-26+. The maximum absolute atomic E-state index is 12.7. The number of esters is 2. The Balaban J connectivity index is 4.19. The van der Waals surface area contributed by atoms with Gasteiger partial charge in [-0.1, -0.05) is 199 Å². The number of carbonyl (C=O) groups excluding carboxylic acids is 2. The molecule has 0 aromatic rings. The zero-order valence-electron chi connectivity index (χ0n) is 40.2. The SMILES string of the molecule is CCCCCCCCCCC/C=C/C/C=C/CCCCCCCCCC(=O)OCC(COCCC(C(=O)O)[N+](C)(C)C)OC(=O)CCCCCCCCCCCCCCC. The highest BCUT2D eigenvalue weighted by molar-refractivity contribution is 5.72. The first kappa shape index (κ1) is 57.8. The molecule has 0 fully saturated rings. The second-order valence-corrected chi connectivity index (χ2v) is 18.4. The number of carboxylic acid groups (broad SMARTS) is 1. The number of nitrogens with zero attached hydrogens (tertiary/aromatic N) is 1. The van der Waals surface area contributed by atoms with Crippen LogP contribution in [0.15, 0.2) is 24.3 Å². The minimum atomic E-state index is -0.873. The summed E-state index contributed by atoms with van der Waals surface area (Å²) in [5.41, 5.74) is 0. The lowest BCUT2D eigenvalue weighted by molar-refractivity contribution is -0.887. The van der Waals surface area contributed by atoms with E-state index in [1.807, 2.05) is 21.1 Å². The van der Waals surface area contributed by atoms with E-state index in [0.717, 1.165) is 51.4 Å². The van der Waals surface area contributed by atoms with Crippen LogP contribution in [-0.2, 0) is 28.6 Å². The number of rotatable bonds is 46. The van der Waals surface area contributed by atoms with Gasteiger partial charge in [-0.3, -0.25) is 9.59 Å². The minimum Gasteiger partial charge on any atom is -0.477 e. The van der Waals surface area contributed by atoms with Gasteiger partial charge < -0.3 is 23.8 Å². The van der Waals surface area contributed by atoms with E-state index >= 15 is 0 Å². The van der Waals surface area contributed by atoms with Crippen LogP contribution in [0.1, 0.15) is 239 Å². The van der Waals surface area contributed by atoms with Gasteiger partial charge in [0.15, 0.2) is 12.1 Å². The van der Waals surface area contributed by atoms with Crippen LogP contribution in [0, 0.1) is 0 Å². The van der Waals surface area contributed by atoms with E-state index in [4.69, 9.17) is 14.2 Å². The Kier molecular flexibility index (Phi) is 41.9. The van der Waals surface area contributed by atoms with Gasteiger partial charge in [-0.25, -0.2) is 4.79 Å². The largest absolute Gasteiger partial charge is 0.477 e. The van der Waals surface area contributed by atoms with Crippen molar-refractivity contribution in [2.45, 2.75) is 251 Å². The maximum Gasteiger partial charge on any atom is 0.362 e. The van der Waals surface area contributed by atoms with Crippen LogP contribution >= 0.6 is 0 Å². The molecule has 60 heavy (non-hydrogen) atoms. The molecule has 8 nitrogen and oxygen atoms in total. The molecule has 2 unspecified atom stereocenters. The van der Waals surface area contributed by atoms with Crippen molar-refractivity contribution in [3.63, 3.8) is 0 Å². The Labute approximate surface area is 371 Å². The summed E-state index contributed by atoms with van der Waals surface area (Å²) < 4.78 is 17.3. The molecule has 0 aromatic heterocycles. The number of carbonyl (C=O) groups is 3. The Morgan fingerprint density at radius 2 is 0.883 bits per heavy atom. The van der Waals surface area contributed by atoms with Gasteiger partial charge in [-0.15, -0.1) is 0 Å². The number of ether oxygens (including phenoxy) is 3. The lowest BCUT2D eigenvalue weighted by atomic mass is 10.0. The van der Waals surface area contributed by atoms with E-state index < -0.39 is 18.1 Å². The van der Waals surface area contributed by atoms with E-state index in [1.165, 1.54) is 154 Å². The van der Waals surface area contributed by atoms with Gasteiger partial charge in [-0.05, 0) is 44.9 Å². The molecular formula is C52H98NO7+. The fourth-order valence-corrected chi connectivity index (χ4v) is 7.65. The quantitative estimate of drug-likeness (QED) is 0.0282. The third-order valence-corrected chi connectivity index (χ3v) is 11.6. The third kappa shape index (κ3) is 41.2. The molecule has 0 saturated carbocycles. The molecule has 0 amide bonds. The average Bonchev–Trinajstić information content (AvgIpc) is 3.21. The maximum atomic E-state index is 12.7. The van der Waals surface area contributed by atoms with Gasteiger partial charge >= 0.3 is 17.9 Å². The molecule has 0 saturated heterocycles. The summed E-state index contributed by atoms with van der Waals surface area (Å²) >= 11 is 0. The second-order valence-electron chi connectivity index (χ2n) is 18.4. The van der Waals surface area contributed by atoms with E-state index in [-0.39, 0.29) is 36.2 Å². The van der Waals surface area contributed by atoms with E-state index in [0.29, 0.717) is 19.3 Å². The number of allylic oxidation sites excluding steroid dienone is 4. The zero-order chi connectivity index (χ0) is 44.2. The van der Waals surface area contributed by atoms with Crippen molar-refractivity contribution in [3.8, 4) is 0 Å². The number of hydrogen-bond acceptors (Lipinski definition) is 6. The van der Waals surface area contributed by atoms with Crippen LogP contribution in [0.25, 0.3) is 0 Å². The first-order valence-corrected chi connectivity index (χ1v) is 25.4. The highest BCUT2D eigenvalue weighted by Crippen LogP contribution is 2.16. The fraction of sp³-hybridized carbons (Fsp3) is 0.865. The van der Waals surface area contributed by atoms with E-state index in [2.05, 4.69) is 38.2 Å². The van der Waals surface area contributed by atoms with Gasteiger partial charge in [0.25, 0.3) is 0 Å². The topological polar surface area (TPSA) is 99.1 Å². The molecule has 0 aliphatic rings. The lowest BCUT2D eigenvalue weighted by Crippen LogP contribution is -2.50. The number of unbranched alkanes of at least 4 members (excludes halogenated alkanes) is 28. The van der Waals surface area contributed by atoms with Crippen LogP contribution in [0.4, 0.5) is 0 Å². The van der Waals surface area contributed by atoms with Crippen LogP contribution in [0.2, 0.25) is 0 Å². The van der Waals surface area contributed by atoms with Crippen LogP contribution in [0.3, 0.4) is 0 Å². The molecule has 0 heterocycles. The summed E-state index contributed by atoms with van der Waals surface area (Å²) in [7, 11) is 5.54. The lowest BCUT2D eigenvalue weighted by Gasteiger charge is -2.31. The van der Waals surface area contributed by atoms with Gasteiger partial charge in [-0.2, -0.15) is 0 Å². The molecule has 0 aliphatic carbocycles. The van der Waals surface area contributed by atoms with Gasteiger partial charge in [0.05, 0.1) is 34.4 Å². The smallest absolute Gasteiger partial charge is 0.362 e. The Bertz CT molecular complexity index is 1040. The number of carboxylic acids is 1. The molecule has 0 rings (SSSR count). The van der Waals surface area contributed by atoms with E-state index in [9.17, 15) is 19.5 Å². The van der Waals surface area contributed by atoms with Crippen LogP contribution in [-0.4, -0.2) is 80.6 Å². The van der Waals surface area contributed by atoms with Crippen LogP contribution < -0.4 is 0 Å². The third-order valence-electron chi connectivity index (χ3n) is 11.6. The van der Waals surface area contributed by atoms with Crippen molar-refractivity contribution < 1.29 is 38.2 Å². The summed E-state index contributed by atoms with van der Waals surface area (Å²) in [5, 5.41) is 9.64. The van der Waals surface area contributed by atoms with Crippen molar-refractivity contribution in [3.05, 3.63) is 24.3 Å². The van der Waals surface area contributed by atoms with Gasteiger partial charge in [0.1, 0.15) is 6.61 Å². The molecule has 0 aliphatic heterocycles. The molecule has 8 heteroatoms. The van der Waals surface area contributed by atoms with Crippen molar-refractivity contribution in [1.82, 2.24) is 0 Å². The molecular weight excluding hydrogens is 751 g/mol. The number of likely N-dealkylation sites (N-methyl/N-ethyl adjacent to an activating group) is 1. The number of hydrogen-bond donors (Lipinski definition) is 1. The first-order valence-electron chi connectivity index (χ1n) is 25.4. The highest BCUT2D eigenvalue weighted by Gasteiger charge is 2.31. The second kappa shape index (κ2) is 43.5. The molecule has 0 radical (unpaired) electrons. The molecule has 0 spiro atoms. The molecule has 2 atom stereocenters. The summed E-state index contributed by atoms with van der Waals surface area (Å²) in [5.74, 6) is -1.46. The van der Waals surface area contributed by atoms with Gasteiger partial charge in [0, 0.05) is 19.3 Å². The molecule has 352 valence electrons. The van der Waals surface area contributed by atoms with Crippen molar-refractivity contribution in [1.29, 1.82) is 0 Å².